The first kappa shape index (κ1) is 16.6. The van der Waals surface area contributed by atoms with Gasteiger partial charge in [-0.15, -0.1) is 0 Å². The van der Waals surface area contributed by atoms with Crippen molar-refractivity contribution in [3.05, 3.63) is 93.2 Å². The Morgan fingerprint density at radius 1 is 1.20 bits per heavy atom. The average molecular weight is 333 g/mol. The molecule has 0 amide bonds. The number of carbonyl (C=O) groups is 1. The largest absolute Gasteiger partial charge is 0.355 e. The molecule has 2 aromatic heterocycles. The Bertz CT molecular complexity index is 960. The molecule has 0 radical (unpaired) electrons. The third kappa shape index (κ3) is 3.35. The second-order valence-corrected chi connectivity index (χ2v) is 6.01. The Kier molecular flexibility index (Phi) is 4.48. The molecule has 5 nitrogen and oxygen atoms in total. The summed E-state index contributed by atoms with van der Waals surface area (Å²) in [6, 6.07) is 12.4. The van der Waals surface area contributed by atoms with Gasteiger partial charge in [-0.05, 0) is 30.2 Å². The van der Waals surface area contributed by atoms with E-state index in [1.807, 2.05) is 32.0 Å². The molecule has 3 aromatic rings. The van der Waals surface area contributed by atoms with Crippen LogP contribution in [0.2, 0.25) is 0 Å². The summed E-state index contributed by atoms with van der Waals surface area (Å²) in [4.78, 5) is 27.1. The monoisotopic (exact) mass is 333 g/mol. The lowest BCUT2D eigenvalue weighted by atomic mass is 10.0. The van der Waals surface area contributed by atoms with Crippen LogP contribution in [0.1, 0.15) is 51.4 Å². The van der Waals surface area contributed by atoms with Gasteiger partial charge in [-0.25, -0.2) is 5.10 Å². The van der Waals surface area contributed by atoms with Crippen LogP contribution in [0.5, 0.6) is 0 Å². The third-order valence-corrected chi connectivity index (χ3v) is 4.28. The van der Waals surface area contributed by atoms with Crippen molar-refractivity contribution < 1.29 is 4.79 Å². The molecule has 0 aliphatic rings. The Hall–Kier alpha value is -3.21. The molecule has 2 N–H and O–H groups in total. The van der Waals surface area contributed by atoms with Crippen molar-refractivity contribution in [1.29, 1.82) is 0 Å². The first-order valence-electron chi connectivity index (χ1n) is 8.02. The highest BCUT2D eigenvalue weighted by molar-refractivity contribution is 6.08. The Morgan fingerprint density at radius 2 is 1.92 bits per heavy atom. The standard InChI is InChI=1S/C20H19N3O2/c1-4-14-5-7-15(8-6-14)20(25)19-12(2)11-17(21-19)13(3)16-9-10-18(24)23-22-16/h4-11,13,21H,1H2,2-3H3,(H,23,24). The minimum absolute atomic E-state index is 0.0546. The van der Waals surface area contributed by atoms with Gasteiger partial charge in [-0.1, -0.05) is 43.8 Å². The molecule has 126 valence electrons. The second-order valence-electron chi connectivity index (χ2n) is 6.01. The molecule has 0 aliphatic carbocycles. The number of rotatable bonds is 5. The van der Waals surface area contributed by atoms with E-state index in [0.29, 0.717) is 11.3 Å². The Labute approximate surface area is 145 Å². The van der Waals surface area contributed by atoms with E-state index in [0.717, 1.165) is 22.5 Å². The number of aryl methyl sites for hydroxylation is 1. The predicted molar refractivity (Wildman–Crippen MR) is 97.9 cm³/mol. The molecule has 1 atom stereocenters. The second kappa shape index (κ2) is 6.73. The summed E-state index contributed by atoms with van der Waals surface area (Å²) in [6.45, 7) is 7.59. The van der Waals surface area contributed by atoms with Crippen LogP contribution in [0, 0.1) is 6.92 Å². The van der Waals surface area contributed by atoms with Crippen molar-refractivity contribution in [1.82, 2.24) is 15.2 Å². The summed E-state index contributed by atoms with van der Waals surface area (Å²) < 4.78 is 0. The molecule has 0 bridgehead atoms. The molecule has 25 heavy (non-hydrogen) atoms. The quantitative estimate of drug-likeness (QED) is 0.702. The molecule has 5 heteroatoms. The number of H-pyrrole nitrogens is 2. The fraction of sp³-hybridized carbons (Fsp3) is 0.150. The van der Waals surface area contributed by atoms with Crippen molar-refractivity contribution in [2.75, 3.05) is 0 Å². The summed E-state index contributed by atoms with van der Waals surface area (Å²) in [5.74, 6) is -0.124. The molecule has 0 aliphatic heterocycles. The SMILES string of the molecule is C=Cc1ccc(C(=O)c2[nH]c(C(C)c3ccc(=O)[nH]n3)cc2C)cc1. The third-order valence-electron chi connectivity index (χ3n) is 4.28. The molecular weight excluding hydrogens is 314 g/mol. The van der Waals surface area contributed by atoms with Crippen LogP contribution >= 0.6 is 0 Å². The van der Waals surface area contributed by atoms with Gasteiger partial charge >= 0.3 is 0 Å². The molecule has 0 saturated heterocycles. The van der Waals surface area contributed by atoms with E-state index in [1.54, 1.807) is 24.3 Å². The summed E-state index contributed by atoms with van der Waals surface area (Å²) >= 11 is 0. The van der Waals surface area contributed by atoms with Gasteiger partial charge in [0.2, 0.25) is 5.78 Å². The number of hydrogen-bond acceptors (Lipinski definition) is 3. The highest BCUT2D eigenvalue weighted by atomic mass is 16.1. The predicted octanol–water partition coefficient (Wildman–Crippen LogP) is 3.43. The molecule has 3 rings (SSSR count). The zero-order valence-electron chi connectivity index (χ0n) is 14.2. The highest BCUT2D eigenvalue weighted by Gasteiger charge is 2.19. The average Bonchev–Trinajstić information content (AvgIpc) is 3.03. The Morgan fingerprint density at radius 3 is 2.52 bits per heavy atom. The van der Waals surface area contributed by atoms with Crippen LogP contribution in [0.3, 0.4) is 0 Å². The van der Waals surface area contributed by atoms with Gasteiger partial charge in [-0.3, -0.25) is 9.59 Å². The maximum absolute atomic E-state index is 12.8. The van der Waals surface area contributed by atoms with Crippen LogP contribution in [-0.2, 0) is 0 Å². The van der Waals surface area contributed by atoms with E-state index in [1.165, 1.54) is 6.07 Å². The highest BCUT2D eigenvalue weighted by Crippen LogP contribution is 2.24. The van der Waals surface area contributed by atoms with E-state index >= 15 is 0 Å². The van der Waals surface area contributed by atoms with E-state index in [9.17, 15) is 9.59 Å². The topological polar surface area (TPSA) is 78.6 Å². The minimum Gasteiger partial charge on any atom is -0.355 e. The summed E-state index contributed by atoms with van der Waals surface area (Å²) in [7, 11) is 0. The van der Waals surface area contributed by atoms with Crippen molar-refractivity contribution >= 4 is 11.9 Å². The lowest BCUT2D eigenvalue weighted by Gasteiger charge is -2.08. The van der Waals surface area contributed by atoms with Crippen molar-refractivity contribution in [3.63, 3.8) is 0 Å². The first-order valence-corrected chi connectivity index (χ1v) is 8.02. The number of hydrogen-bond donors (Lipinski definition) is 2. The molecular formula is C20H19N3O2. The van der Waals surface area contributed by atoms with Gasteiger partial charge in [-0.2, -0.15) is 5.10 Å². The minimum atomic E-state index is -0.238. The van der Waals surface area contributed by atoms with Crippen LogP contribution in [-0.4, -0.2) is 21.0 Å². The zero-order chi connectivity index (χ0) is 18.0. The smallest absolute Gasteiger partial charge is 0.264 e. The lowest BCUT2D eigenvalue weighted by Crippen LogP contribution is -2.10. The fourth-order valence-electron chi connectivity index (χ4n) is 2.72. The fourth-order valence-corrected chi connectivity index (χ4v) is 2.72. The van der Waals surface area contributed by atoms with Gasteiger partial charge in [0.15, 0.2) is 0 Å². The lowest BCUT2D eigenvalue weighted by molar-refractivity contribution is 0.103. The number of nitrogens with zero attached hydrogens (tertiary/aromatic N) is 1. The maximum Gasteiger partial charge on any atom is 0.264 e. The number of nitrogens with one attached hydrogen (secondary N) is 2. The van der Waals surface area contributed by atoms with E-state index in [4.69, 9.17) is 0 Å². The Balaban J connectivity index is 1.90. The molecule has 1 aromatic carbocycles. The van der Waals surface area contributed by atoms with Crippen LogP contribution in [0.4, 0.5) is 0 Å². The molecule has 1 unspecified atom stereocenters. The van der Waals surface area contributed by atoms with E-state index in [2.05, 4.69) is 21.8 Å². The number of ketones is 1. The number of aromatic amines is 2. The van der Waals surface area contributed by atoms with Crippen molar-refractivity contribution in [2.24, 2.45) is 0 Å². The maximum atomic E-state index is 12.8. The zero-order valence-corrected chi connectivity index (χ0v) is 14.2. The molecule has 0 saturated carbocycles. The van der Waals surface area contributed by atoms with Crippen LogP contribution in [0.15, 0.2) is 53.8 Å². The normalized spacial score (nSPS) is 11.9. The van der Waals surface area contributed by atoms with Crippen LogP contribution in [0.25, 0.3) is 6.08 Å². The summed E-state index contributed by atoms with van der Waals surface area (Å²) in [5.41, 5.74) is 4.41. The number of benzene rings is 1. The van der Waals surface area contributed by atoms with Gasteiger partial charge < -0.3 is 4.98 Å². The van der Waals surface area contributed by atoms with Gasteiger partial charge in [0.1, 0.15) is 0 Å². The van der Waals surface area contributed by atoms with Gasteiger partial charge in [0, 0.05) is 23.2 Å². The summed E-state index contributed by atoms with van der Waals surface area (Å²) in [6.07, 6.45) is 1.74. The van der Waals surface area contributed by atoms with Gasteiger partial charge in [0.05, 0.1) is 11.4 Å². The van der Waals surface area contributed by atoms with E-state index < -0.39 is 0 Å². The van der Waals surface area contributed by atoms with Crippen molar-refractivity contribution in [2.45, 2.75) is 19.8 Å². The summed E-state index contributed by atoms with van der Waals surface area (Å²) in [5, 5.41) is 6.50. The van der Waals surface area contributed by atoms with Crippen molar-refractivity contribution in [3.8, 4) is 0 Å². The molecule has 0 spiro atoms. The molecule has 0 fully saturated rings. The number of carbonyl (C=O) groups excluding carboxylic acids is 1. The molecule has 2 heterocycles. The first-order chi connectivity index (χ1) is 12.0. The van der Waals surface area contributed by atoms with Gasteiger partial charge in [0.25, 0.3) is 5.56 Å². The van der Waals surface area contributed by atoms with Crippen LogP contribution < -0.4 is 5.56 Å². The number of aromatic nitrogens is 3. The van der Waals surface area contributed by atoms with E-state index in [-0.39, 0.29) is 17.3 Å².